The molecular formula is C29H28N4O4. The number of benzene rings is 3. The molecule has 8 nitrogen and oxygen atoms in total. The lowest BCUT2D eigenvalue weighted by Crippen LogP contribution is -2.50. The summed E-state index contributed by atoms with van der Waals surface area (Å²) in [6.45, 7) is 3.92. The van der Waals surface area contributed by atoms with Crippen LogP contribution >= 0.6 is 0 Å². The third-order valence-corrected chi connectivity index (χ3v) is 6.61. The lowest BCUT2D eigenvalue weighted by Gasteiger charge is -2.33. The van der Waals surface area contributed by atoms with Crippen molar-refractivity contribution in [3.63, 3.8) is 0 Å². The largest absolute Gasteiger partial charge is 0.497 e. The summed E-state index contributed by atoms with van der Waals surface area (Å²) in [7, 11) is 3.15. The zero-order chi connectivity index (χ0) is 26.1. The van der Waals surface area contributed by atoms with Gasteiger partial charge in [0.25, 0.3) is 5.91 Å². The van der Waals surface area contributed by atoms with Gasteiger partial charge in [0.05, 0.1) is 25.6 Å². The highest BCUT2D eigenvalue weighted by Crippen LogP contribution is 2.42. The second kappa shape index (κ2) is 9.81. The first kappa shape index (κ1) is 24.1. The van der Waals surface area contributed by atoms with Crippen LogP contribution in [-0.2, 0) is 4.79 Å². The molecule has 2 atom stereocenters. The van der Waals surface area contributed by atoms with Crippen molar-refractivity contribution in [3.8, 4) is 17.2 Å². The Morgan fingerprint density at radius 3 is 2.22 bits per heavy atom. The lowest BCUT2D eigenvalue weighted by atomic mass is 9.81. The van der Waals surface area contributed by atoms with E-state index in [1.165, 1.54) is 0 Å². The zero-order valence-corrected chi connectivity index (χ0v) is 21.1. The van der Waals surface area contributed by atoms with Crippen molar-refractivity contribution in [2.45, 2.75) is 25.8 Å². The molecule has 2 amide bonds. The van der Waals surface area contributed by atoms with E-state index in [1.54, 1.807) is 49.2 Å². The van der Waals surface area contributed by atoms with Crippen molar-refractivity contribution in [3.05, 3.63) is 101 Å². The van der Waals surface area contributed by atoms with Gasteiger partial charge in [-0.25, -0.2) is 4.68 Å². The molecule has 0 spiro atoms. The first-order valence-corrected chi connectivity index (χ1v) is 12.0. The molecule has 4 aromatic rings. The maximum Gasteiger partial charge on any atom is 0.251 e. The monoisotopic (exact) mass is 496 g/mol. The van der Waals surface area contributed by atoms with Crippen LogP contribution in [0.5, 0.6) is 11.5 Å². The highest BCUT2D eigenvalue weighted by Gasteiger charge is 2.42. The fourth-order valence-electron chi connectivity index (χ4n) is 4.75. The summed E-state index contributed by atoms with van der Waals surface area (Å²) in [6, 6.07) is 21.3. The van der Waals surface area contributed by atoms with Gasteiger partial charge in [-0.2, -0.15) is 5.10 Å². The number of amides is 2. The summed E-state index contributed by atoms with van der Waals surface area (Å²) in [5.74, 6) is 0.518. The van der Waals surface area contributed by atoms with E-state index in [9.17, 15) is 9.59 Å². The summed E-state index contributed by atoms with van der Waals surface area (Å²) in [4.78, 5) is 26.8. The van der Waals surface area contributed by atoms with E-state index in [-0.39, 0.29) is 11.8 Å². The maximum absolute atomic E-state index is 13.6. The van der Waals surface area contributed by atoms with Gasteiger partial charge in [-0.05, 0) is 55.8 Å². The van der Waals surface area contributed by atoms with Crippen LogP contribution in [0.3, 0.4) is 0 Å². The Bertz CT molecular complexity index is 1440. The minimum atomic E-state index is -0.897. The summed E-state index contributed by atoms with van der Waals surface area (Å²) >= 11 is 0. The Kier molecular flexibility index (Phi) is 6.40. The molecule has 2 unspecified atom stereocenters. The standard InChI is InChI=1S/C29H28N4O4/c1-17-10-12-21(13-11-17)33-27-24(18(2)32-33)25(20-14-22(36-3)16-23(15-20)37-4)26(29(35)31-27)30-28(34)19-8-6-5-7-9-19/h5-16,25-26H,1-4H3,(H,30,34)(H,31,35). The van der Waals surface area contributed by atoms with Crippen molar-refractivity contribution in [1.29, 1.82) is 0 Å². The minimum absolute atomic E-state index is 0.336. The third kappa shape index (κ3) is 4.53. The predicted molar refractivity (Wildman–Crippen MR) is 141 cm³/mol. The zero-order valence-electron chi connectivity index (χ0n) is 21.1. The van der Waals surface area contributed by atoms with Crippen molar-refractivity contribution < 1.29 is 19.1 Å². The number of aryl methyl sites for hydroxylation is 2. The molecule has 188 valence electrons. The average molecular weight is 497 g/mol. The van der Waals surface area contributed by atoms with Crippen molar-refractivity contribution in [1.82, 2.24) is 15.1 Å². The van der Waals surface area contributed by atoms with Crippen LogP contribution in [0.1, 0.15) is 38.7 Å². The number of fused-ring (bicyclic) bond motifs is 1. The molecule has 0 radical (unpaired) electrons. The van der Waals surface area contributed by atoms with Crippen molar-refractivity contribution in [2.75, 3.05) is 19.5 Å². The normalized spacial score (nSPS) is 16.5. The number of hydrogen-bond donors (Lipinski definition) is 2. The highest BCUT2D eigenvalue weighted by atomic mass is 16.5. The van der Waals surface area contributed by atoms with Crippen LogP contribution in [0, 0.1) is 13.8 Å². The van der Waals surface area contributed by atoms with Crippen molar-refractivity contribution >= 4 is 17.6 Å². The van der Waals surface area contributed by atoms with Crippen molar-refractivity contribution in [2.24, 2.45) is 0 Å². The van der Waals surface area contributed by atoms with Gasteiger partial charge in [0.15, 0.2) is 0 Å². The van der Waals surface area contributed by atoms with Gasteiger partial charge in [0.2, 0.25) is 5.91 Å². The van der Waals surface area contributed by atoms with E-state index in [0.29, 0.717) is 22.9 Å². The van der Waals surface area contributed by atoms with Gasteiger partial charge >= 0.3 is 0 Å². The molecular weight excluding hydrogens is 468 g/mol. The quantitative estimate of drug-likeness (QED) is 0.413. The summed E-state index contributed by atoms with van der Waals surface area (Å²) in [6.07, 6.45) is 0. The Morgan fingerprint density at radius 1 is 0.946 bits per heavy atom. The number of anilines is 1. The van der Waals surface area contributed by atoms with Crippen LogP contribution in [0.4, 0.5) is 5.82 Å². The summed E-state index contributed by atoms with van der Waals surface area (Å²) in [5.41, 5.74) is 4.72. The number of carbonyl (C=O) groups is 2. The maximum atomic E-state index is 13.6. The van der Waals surface area contributed by atoms with E-state index in [1.807, 2.05) is 56.3 Å². The summed E-state index contributed by atoms with van der Waals surface area (Å²) in [5, 5.41) is 10.8. The number of nitrogens with one attached hydrogen (secondary N) is 2. The minimum Gasteiger partial charge on any atom is -0.497 e. The number of rotatable bonds is 6. The molecule has 2 heterocycles. The first-order chi connectivity index (χ1) is 17.9. The van der Waals surface area contributed by atoms with E-state index < -0.39 is 12.0 Å². The Balaban J connectivity index is 1.67. The Labute approximate surface area is 215 Å². The van der Waals surface area contributed by atoms with Gasteiger partial charge in [-0.1, -0.05) is 35.9 Å². The number of nitrogens with zero attached hydrogens (tertiary/aromatic N) is 2. The molecule has 5 rings (SSSR count). The fraction of sp³-hybridized carbons (Fsp3) is 0.207. The number of ether oxygens (including phenoxy) is 2. The Hall–Kier alpha value is -4.59. The van der Waals surface area contributed by atoms with Crippen LogP contribution in [0.2, 0.25) is 0 Å². The molecule has 37 heavy (non-hydrogen) atoms. The molecule has 8 heteroatoms. The molecule has 1 aromatic heterocycles. The molecule has 0 saturated carbocycles. The number of carbonyl (C=O) groups excluding carboxylic acids is 2. The van der Waals surface area contributed by atoms with E-state index >= 15 is 0 Å². The molecule has 0 aliphatic carbocycles. The van der Waals surface area contributed by atoms with Gasteiger partial charge < -0.3 is 20.1 Å². The van der Waals surface area contributed by atoms with Gasteiger partial charge in [0, 0.05) is 23.1 Å². The first-order valence-electron chi connectivity index (χ1n) is 12.0. The van der Waals surface area contributed by atoms with Crippen LogP contribution in [0.25, 0.3) is 5.69 Å². The molecule has 3 aromatic carbocycles. The second-order valence-electron chi connectivity index (χ2n) is 9.03. The molecule has 0 bridgehead atoms. The average Bonchev–Trinajstić information content (AvgIpc) is 3.24. The van der Waals surface area contributed by atoms with Crippen LogP contribution in [-0.4, -0.2) is 41.9 Å². The van der Waals surface area contributed by atoms with Crippen LogP contribution < -0.4 is 20.1 Å². The Morgan fingerprint density at radius 2 is 1.59 bits per heavy atom. The summed E-state index contributed by atoms with van der Waals surface area (Å²) < 4.78 is 12.8. The molecule has 1 aliphatic rings. The molecule has 1 aliphatic heterocycles. The van der Waals surface area contributed by atoms with Gasteiger partial charge in [-0.15, -0.1) is 0 Å². The smallest absolute Gasteiger partial charge is 0.251 e. The van der Waals surface area contributed by atoms with Gasteiger partial charge in [0.1, 0.15) is 23.4 Å². The SMILES string of the molecule is COc1cc(OC)cc(C2c3c(C)nn(-c4ccc(C)cc4)c3NC(=O)C2NC(=O)c2ccccc2)c1. The van der Waals surface area contributed by atoms with Gasteiger partial charge in [-0.3, -0.25) is 9.59 Å². The van der Waals surface area contributed by atoms with E-state index in [0.717, 1.165) is 28.1 Å². The number of methoxy groups -OCH3 is 2. The van der Waals surface area contributed by atoms with E-state index in [4.69, 9.17) is 14.6 Å². The highest BCUT2D eigenvalue weighted by molar-refractivity contribution is 6.04. The number of hydrogen-bond acceptors (Lipinski definition) is 5. The van der Waals surface area contributed by atoms with Crippen LogP contribution in [0.15, 0.2) is 72.8 Å². The molecule has 2 N–H and O–H groups in total. The van der Waals surface area contributed by atoms with E-state index in [2.05, 4.69) is 10.6 Å². The molecule has 0 fully saturated rings. The molecule has 0 saturated heterocycles. The lowest BCUT2D eigenvalue weighted by molar-refractivity contribution is -0.118. The predicted octanol–water partition coefficient (Wildman–Crippen LogP) is 4.39. The third-order valence-electron chi connectivity index (χ3n) is 6.61. The second-order valence-corrected chi connectivity index (χ2v) is 9.03. The number of aromatic nitrogens is 2. The fourth-order valence-corrected chi connectivity index (χ4v) is 4.75. The topological polar surface area (TPSA) is 94.5 Å².